The Hall–Kier alpha value is -1.59. The molecule has 0 aromatic carbocycles. The van der Waals surface area contributed by atoms with Crippen LogP contribution in [0.3, 0.4) is 0 Å². The number of pyridine rings is 1. The van der Waals surface area contributed by atoms with Crippen LogP contribution < -0.4 is 4.90 Å². The molecule has 1 aliphatic rings. The number of fused-ring (bicyclic) bond motifs is 1. The molecule has 2 aromatic rings. The summed E-state index contributed by atoms with van der Waals surface area (Å²) in [6.45, 7) is 3.37. The fourth-order valence-corrected chi connectivity index (χ4v) is 2.33. The lowest BCUT2D eigenvalue weighted by Crippen LogP contribution is -2.50. The maximum Gasteiger partial charge on any atom is 0.140 e. The lowest BCUT2D eigenvalue weighted by Gasteiger charge is -2.38. The van der Waals surface area contributed by atoms with Gasteiger partial charge >= 0.3 is 0 Å². The predicted octanol–water partition coefficient (Wildman–Crippen LogP) is 1.41. The van der Waals surface area contributed by atoms with E-state index in [2.05, 4.69) is 16.8 Å². The fraction of sp³-hybridized carbons (Fsp3) is 0.462. The topological polar surface area (TPSA) is 58.7 Å². The number of morpholine rings is 1. The van der Waals surface area contributed by atoms with Gasteiger partial charge in [0.25, 0.3) is 0 Å². The smallest absolute Gasteiger partial charge is 0.140 e. The summed E-state index contributed by atoms with van der Waals surface area (Å²) in [5.74, 6) is 0.899. The number of hydrogen-bond acceptors (Lipinski definition) is 5. The summed E-state index contributed by atoms with van der Waals surface area (Å²) in [4.78, 5) is 6.62. The second-order valence-corrected chi connectivity index (χ2v) is 4.61. The molecule has 0 aliphatic carbocycles. The number of aliphatic hydroxyl groups is 1. The van der Waals surface area contributed by atoms with Gasteiger partial charge in [-0.3, -0.25) is 0 Å². The first-order chi connectivity index (χ1) is 8.79. The third-order valence-electron chi connectivity index (χ3n) is 3.34. The SMILES string of the molecule is CC1COC(CO)CN1c1nccc2occc12. The number of aromatic nitrogens is 1. The van der Waals surface area contributed by atoms with Crippen LogP contribution in [0.1, 0.15) is 6.92 Å². The van der Waals surface area contributed by atoms with E-state index >= 15 is 0 Å². The second kappa shape index (κ2) is 4.59. The van der Waals surface area contributed by atoms with Crippen LogP contribution in [0.25, 0.3) is 11.0 Å². The Morgan fingerprint density at radius 3 is 3.22 bits per heavy atom. The molecule has 5 nitrogen and oxygen atoms in total. The summed E-state index contributed by atoms with van der Waals surface area (Å²) < 4.78 is 10.9. The summed E-state index contributed by atoms with van der Waals surface area (Å²) in [5.41, 5.74) is 0.833. The van der Waals surface area contributed by atoms with E-state index in [0.29, 0.717) is 13.2 Å². The molecule has 0 radical (unpaired) electrons. The van der Waals surface area contributed by atoms with Crippen molar-refractivity contribution in [2.75, 3.05) is 24.7 Å². The van der Waals surface area contributed by atoms with Gasteiger partial charge in [0, 0.05) is 12.7 Å². The molecule has 0 amide bonds. The molecule has 1 fully saturated rings. The molecule has 3 rings (SSSR count). The Kier molecular flexibility index (Phi) is 2.93. The van der Waals surface area contributed by atoms with Crippen LogP contribution in [0.15, 0.2) is 29.0 Å². The first kappa shape index (κ1) is 11.5. The Balaban J connectivity index is 1.99. The molecule has 5 heteroatoms. The molecular formula is C13H16N2O3. The van der Waals surface area contributed by atoms with Crippen molar-refractivity contribution in [1.29, 1.82) is 0 Å². The molecule has 2 atom stereocenters. The molecule has 96 valence electrons. The lowest BCUT2D eigenvalue weighted by atomic mass is 10.1. The van der Waals surface area contributed by atoms with Crippen LogP contribution in [-0.2, 0) is 4.74 Å². The van der Waals surface area contributed by atoms with E-state index < -0.39 is 0 Å². The molecular weight excluding hydrogens is 232 g/mol. The number of rotatable bonds is 2. The standard InChI is InChI=1S/C13H16N2O3/c1-9-8-18-10(7-16)6-15(9)13-11-3-5-17-12(11)2-4-14-13/h2-5,9-10,16H,6-8H2,1H3. The van der Waals surface area contributed by atoms with E-state index in [1.807, 2.05) is 12.1 Å². The van der Waals surface area contributed by atoms with Crippen molar-refractivity contribution in [3.05, 3.63) is 24.6 Å². The van der Waals surface area contributed by atoms with Gasteiger partial charge < -0.3 is 19.2 Å². The molecule has 3 heterocycles. The van der Waals surface area contributed by atoms with Crippen molar-refractivity contribution in [3.8, 4) is 0 Å². The first-order valence-corrected chi connectivity index (χ1v) is 6.11. The number of nitrogens with zero attached hydrogens (tertiary/aromatic N) is 2. The zero-order valence-corrected chi connectivity index (χ0v) is 10.2. The van der Waals surface area contributed by atoms with Crippen LogP contribution in [0.4, 0.5) is 5.82 Å². The van der Waals surface area contributed by atoms with Gasteiger partial charge in [0.15, 0.2) is 0 Å². The summed E-state index contributed by atoms with van der Waals surface area (Å²) in [6, 6.07) is 4.02. The Morgan fingerprint density at radius 1 is 1.50 bits per heavy atom. The average molecular weight is 248 g/mol. The highest BCUT2D eigenvalue weighted by atomic mass is 16.5. The maximum absolute atomic E-state index is 9.22. The highest BCUT2D eigenvalue weighted by Gasteiger charge is 2.27. The van der Waals surface area contributed by atoms with E-state index in [-0.39, 0.29) is 18.8 Å². The monoisotopic (exact) mass is 248 g/mol. The maximum atomic E-state index is 9.22. The average Bonchev–Trinajstić information content (AvgIpc) is 2.87. The third-order valence-corrected chi connectivity index (χ3v) is 3.34. The number of ether oxygens (including phenoxy) is 1. The number of furan rings is 1. The van der Waals surface area contributed by atoms with E-state index in [0.717, 1.165) is 16.8 Å². The van der Waals surface area contributed by atoms with Crippen LogP contribution in [0, 0.1) is 0 Å². The van der Waals surface area contributed by atoms with Gasteiger partial charge in [-0.25, -0.2) is 4.98 Å². The highest BCUT2D eigenvalue weighted by molar-refractivity contribution is 5.88. The Labute approximate surface area is 105 Å². The van der Waals surface area contributed by atoms with Crippen molar-refractivity contribution in [1.82, 2.24) is 4.98 Å². The molecule has 2 aromatic heterocycles. The number of hydrogen-bond donors (Lipinski definition) is 1. The summed E-state index contributed by atoms with van der Waals surface area (Å²) in [7, 11) is 0. The van der Waals surface area contributed by atoms with Crippen molar-refractivity contribution >= 4 is 16.8 Å². The largest absolute Gasteiger partial charge is 0.464 e. The van der Waals surface area contributed by atoms with E-state index in [1.165, 1.54) is 0 Å². The van der Waals surface area contributed by atoms with Gasteiger partial charge in [-0.1, -0.05) is 0 Å². The molecule has 0 bridgehead atoms. The second-order valence-electron chi connectivity index (χ2n) is 4.61. The predicted molar refractivity (Wildman–Crippen MR) is 67.6 cm³/mol. The third kappa shape index (κ3) is 1.85. The van der Waals surface area contributed by atoms with E-state index in [9.17, 15) is 5.11 Å². The van der Waals surface area contributed by atoms with Crippen molar-refractivity contribution in [2.24, 2.45) is 0 Å². The minimum atomic E-state index is -0.148. The molecule has 1 N–H and O–H groups in total. The highest BCUT2D eigenvalue weighted by Crippen LogP contribution is 2.28. The van der Waals surface area contributed by atoms with Crippen LogP contribution in [-0.4, -0.2) is 42.0 Å². The normalized spacial score (nSPS) is 24.7. The van der Waals surface area contributed by atoms with Crippen molar-refractivity contribution in [2.45, 2.75) is 19.1 Å². The summed E-state index contributed by atoms with van der Waals surface area (Å²) >= 11 is 0. The minimum absolute atomic E-state index is 0.0323. The summed E-state index contributed by atoms with van der Waals surface area (Å²) in [6.07, 6.45) is 3.27. The van der Waals surface area contributed by atoms with Gasteiger partial charge in [-0.2, -0.15) is 0 Å². The van der Waals surface area contributed by atoms with Gasteiger partial charge in [0.1, 0.15) is 11.4 Å². The van der Waals surface area contributed by atoms with Crippen LogP contribution >= 0.6 is 0 Å². The number of anilines is 1. The molecule has 18 heavy (non-hydrogen) atoms. The van der Waals surface area contributed by atoms with E-state index in [4.69, 9.17) is 9.15 Å². The van der Waals surface area contributed by atoms with Crippen molar-refractivity contribution < 1.29 is 14.3 Å². The van der Waals surface area contributed by atoms with Gasteiger partial charge in [0.05, 0.1) is 37.0 Å². The Morgan fingerprint density at radius 2 is 2.39 bits per heavy atom. The van der Waals surface area contributed by atoms with E-state index in [1.54, 1.807) is 12.5 Å². The molecule has 2 unspecified atom stereocenters. The Bertz CT molecular complexity index is 540. The number of aliphatic hydroxyl groups excluding tert-OH is 1. The van der Waals surface area contributed by atoms with Gasteiger partial charge in [-0.05, 0) is 19.1 Å². The molecule has 1 aliphatic heterocycles. The van der Waals surface area contributed by atoms with Gasteiger partial charge in [0.2, 0.25) is 0 Å². The quantitative estimate of drug-likeness (QED) is 0.870. The summed E-state index contributed by atoms with van der Waals surface area (Å²) in [5, 5.41) is 10.2. The fourth-order valence-electron chi connectivity index (χ4n) is 2.33. The zero-order chi connectivity index (χ0) is 12.5. The minimum Gasteiger partial charge on any atom is -0.464 e. The van der Waals surface area contributed by atoms with Crippen LogP contribution in [0.2, 0.25) is 0 Å². The first-order valence-electron chi connectivity index (χ1n) is 6.11. The zero-order valence-electron chi connectivity index (χ0n) is 10.2. The molecule has 1 saturated heterocycles. The van der Waals surface area contributed by atoms with Gasteiger partial charge in [-0.15, -0.1) is 0 Å². The van der Waals surface area contributed by atoms with Crippen LogP contribution in [0.5, 0.6) is 0 Å². The van der Waals surface area contributed by atoms with Crippen molar-refractivity contribution in [3.63, 3.8) is 0 Å². The lowest BCUT2D eigenvalue weighted by molar-refractivity contribution is -0.0104. The molecule has 0 saturated carbocycles. The molecule has 0 spiro atoms.